The molecule has 0 radical (unpaired) electrons. The number of phenols is 1. The minimum atomic E-state index is -0.236. The number of nitrogens with zero attached hydrogens (tertiary/aromatic N) is 2. The maximum absolute atomic E-state index is 12.2. The van der Waals surface area contributed by atoms with Gasteiger partial charge in [-0.05, 0) is 51.8 Å². The molecular formula is C17H12BrClN2O3. The normalized spacial score (nSPS) is 11.7. The van der Waals surface area contributed by atoms with Crippen molar-refractivity contribution in [3.05, 3.63) is 68.7 Å². The van der Waals surface area contributed by atoms with Gasteiger partial charge in [0.2, 0.25) is 0 Å². The highest BCUT2D eigenvalue weighted by atomic mass is 79.9. The van der Waals surface area contributed by atoms with E-state index < -0.39 is 0 Å². The molecular weight excluding hydrogens is 396 g/mol. The molecule has 0 aliphatic carbocycles. The standard InChI is InChI=1S/C17H12BrClN2O3/c1-24-15-4-2-10(7-14(15)22)6-12(19)13-8-17(23)21-9-11(18)3-5-16(21)20-13/h2-9,22H,1H3/b12-6-. The lowest BCUT2D eigenvalue weighted by molar-refractivity contribution is 0.373. The van der Waals surface area contributed by atoms with Gasteiger partial charge in [-0.15, -0.1) is 0 Å². The average Bonchev–Trinajstić information content (AvgIpc) is 2.55. The van der Waals surface area contributed by atoms with Crippen LogP contribution in [0.2, 0.25) is 0 Å². The number of rotatable bonds is 3. The summed E-state index contributed by atoms with van der Waals surface area (Å²) in [6, 6.07) is 9.77. The van der Waals surface area contributed by atoms with Crippen molar-refractivity contribution in [2.75, 3.05) is 7.11 Å². The molecule has 1 N–H and O–H groups in total. The van der Waals surface area contributed by atoms with Gasteiger partial charge in [0.15, 0.2) is 11.5 Å². The molecule has 5 nitrogen and oxygen atoms in total. The fraction of sp³-hybridized carbons (Fsp3) is 0.0588. The van der Waals surface area contributed by atoms with Gasteiger partial charge in [0, 0.05) is 16.7 Å². The first-order chi connectivity index (χ1) is 11.5. The number of ether oxygens (including phenoxy) is 1. The fourth-order valence-electron chi connectivity index (χ4n) is 2.22. The lowest BCUT2D eigenvalue weighted by Gasteiger charge is -2.05. The van der Waals surface area contributed by atoms with E-state index in [4.69, 9.17) is 16.3 Å². The Labute approximate surface area is 150 Å². The third-order valence-electron chi connectivity index (χ3n) is 3.36. The molecule has 0 spiro atoms. The summed E-state index contributed by atoms with van der Waals surface area (Å²) in [6.07, 6.45) is 3.27. The number of pyridine rings is 1. The number of hydrogen-bond donors (Lipinski definition) is 1. The first kappa shape index (κ1) is 16.5. The predicted molar refractivity (Wildman–Crippen MR) is 97.5 cm³/mol. The molecule has 0 fully saturated rings. The summed E-state index contributed by atoms with van der Waals surface area (Å²) in [5.41, 5.74) is 1.28. The Morgan fingerprint density at radius 2 is 2.12 bits per heavy atom. The van der Waals surface area contributed by atoms with Crippen LogP contribution in [0, 0.1) is 0 Å². The van der Waals surface area contributed by atoms with Crippen LogP contribution in [-0.2, 0) is 0 Å². The van der Waals surface area contributed by atoms with Crippen molar-refractivity contribution in [1.82, 2.24) is 9.38 Å². The van der Waals surface area contributed by atoms with Gasteiger partial charge in [0.05, 0.1) is 17.8 Å². The van der Waals surface area contributed by atoms with Gasteiger partial charge in [0.25, 0.3) is 5.56 Å². The van der Waals surface area contributed by atoms with E-state index in [1.165, 1.54) is 23.6 Å². The number of hydrogen-bond acceptors (Lipinski definition) is 4. The zero-order chi connectivity index (χ0) is 17.3. The Morgan fingerprint density at radius 1 is 1.33 bits per heavy atom. The van der Waals surface area contributed by atoms with Gasteiger partial charge in [0.1, 0.15) is 5.65 Å². The number of halogens is 2. The minimum Gasteiger partial charge on any atom is -0.504 e. The molecule has 0 atom stereocenters. The quantitative estimate of drug-likeness (QED) is 0.715. The molecule has 0 unspecified atom stereocenters. The lowest BCUT2D eigenvalue weighted by Crippen LogP contribution is -2.14. The van der Waals surface area contributed by atoms with Crippen molar-refractivity contribution in [3.8, 4) is 11.5 Å². The van der Waals surface area contributed by atoms with Crippen LogP contribution in [0.3, 0.4) is 0 Å². The molecule has 7 heteroatoms. The van der Waals surface area contributed by atoms with E-state index in [2.05, 4.69) is 20.9 Å². The van der Waals surface area contributed by atoms with Crippen molar-refractivity contribution in [3.63, 3.8) is 0 Å². The minimum absolute atomic E-state index is 0.00658. The highest BCUT2D eigenvalue weighted by Gasteiger charge is 2.07. The number of aromatic hydroxyl groups is 1. The van der Waals surface area contributed by atoms with E-state index in [0.717, 1.165) is 4.47 Å². The Kier molecular flexibility index (Phi) is 4.59. The Bertz CT molecular complexity index is 1010. The fourth-order valence-corrected chi connectivity index (χ4v) is 2.78. The summed E-state index contributed by atoms with van der Waals surface area (Å²) < 4.78 is 7.21. The zero-order valence-corrected chi connectivity index (χ0v) is 14.9. The lowest BCUT2D eigenvalue weighted by atomic mass is 10.1. The molecule has 122 valence electrons. The molecule has 0 bridgehead atoms. The van der Waals surface area contributed by atoms with Crippen molar-refractivity contribution in [1.29, 1.82) is 0 Å². The van der Waals surface area contributed by atoms with E-state index in [1.807, 2.05) is 0 Å². The second kappa shape index (κ2) is 6.67. The molecule has 1 aromatic carbocycles. The van der Waals surface area contributed by atoms with E-state index in [9.17, 15) is 9.90 Å². The van der Waals surface area contributed by atoms with E-state index in [-0.39, 0.29) is 11.3 Å². The Hall–Kier alpha value is -2.31. The van der Waals surface area contributed by atoms with E-state index in [1.54, 1.807) is 36.5 Å². The van der Waals surface area contributed by atoms with Gasteiger partial charge in [-0.1, -0.05) is 17.7 Å². The Morgan fingerprint density at radius 3 is 2.83 bits per heavy atom. The van der Waals surface area contributed by atoms with Crippen LogP contribution in [0.4, 0.5) is 0 Å². The van der Waals surface area contributed by atoms with Crippen molar-refractivity contribution in [2.24, 2.45) is 0 Å². The molecule has 2 heterocycles. The summed E-state index contributed by atoms with van der Waals surface area (Å²) in [6.45, 7) is 0. The topological polar surface area (TPSA) is 63.8 Å². The van der Waals surface area contributed by atoms with Crippen LogP contribution < -0.4 is 10.3 Å². The largest absolute Gasteiger partial charge is 0.504 e. The monoisotopic (exact) mass is 406 g/mol. The van der Waals surface area contributed by atoms with Gasteiger partial charge < -0.3 is 9.84 Å². The first-order valence-corrected chi connectivity index (χ1v) is 8.08. The maximum Gasteiger partial charge on any atom is 0.258 e. The summed E-state index contributed by atoms with van der Waals surface area (Å²) >= 11 is 9.62. The maximum atomic E-state index is 12.2. The number of benzene rings is 1. The summed E-state index contributed by atoms with van der Waals surface area (Å²) in [4.78, 5) is 16.6. The third kappa shape index (κ3) is 3.29. The highest BCUT2D eigenvalue weighted by molar-refractivity contribution is 9.10. The average molecular weight is 408 g/mol. The molecule has 2 aromatic heterocycles. The smallest absolute Gasteiger partial charge is 0.258 e. The van der Waals surface area contributed by atoms with Crippen LogP contribution in [0.15, 0.2) is 51.9 Å². The van der Waals surface area contributed by atoms with E-state index >= 15 is 0 Å². The van der Waals surface area contributed by atoms with Crippen LogP contribution in [0.5, 0.6) is 11.5 Å². The van der Waals surface area contributed by atoms with Gasteiger partial charge in [-0.25, -0.2) is 4.98 Å². The predicted octanol–water partition coefficient (Wildman–Crippen LogP) is 3.91. The number of aromatic nitrogens is 2. The van der Waals surface area contributed by atoms with Crippen molar-refractivity contribution < 1.29 is 9.84 Å². The second-order valence-corrected chi connectivity index (χ2v) is 6.30. The van der Waals surface area contributed by atoms with Crippen LogP contribution in [0.25, 0.3) is 16.8 Å². The van der Waals surface area contributed by atoms with Crippen LogP contribution >= 0.6 is 27.5 Å². The third-order valence-corrected chi connectivity index (χ3v) is 4.14. The van der Waals surface area contributed by atoms with Crippen LogP contribution in [-0.4, -0.2) is 21.6 Å². The summed E-state index contributed by atoms with van der Waals surface area (Å²) in [5, 5.41) is 10.1. The van der Waals surface area contributed by atoms with Crippen molar-refractivity contribution in [2.45, 2.75) is 0 Å². The summed E-state index contributed by atoms with van der Waals surface area (Å²) in [5.74, 6) is 0.378. The zero-order valence-electron chi connectivity index (χ0n) is 12.5. The SMILES string of the molecule is COc1ccc(/C=C(\Cl)c2cc(=O)n3cc(Br)ccc3n2)cc1O. The van der Waals surface area contributed by atoms with Crippen molar-refractivity contribution >= 4 is 44.3 Å². The summed E-state index contributed by atoms with van der Waals surface area (Å²) in [7, 11) is 1.47. The molecule has 0 aliphatic heterocycles. The molecule has 0 saturated carbocycles. The second-order valence-electron chi connectivity index (χ2n) is 4.98. The molecule has 0 amide bonds. The van der Waals surface area contributed by atoms with Gasteiger partial charge in [-0.2, -0.15) is 0 Å². The molecule has 24 heavy (non-hydrogen) atoms. The molecule has 3 aromatic rings. The highest BCUT2D eigenvalue weighted by Crippen LogP contribution is 2.29. The van der Waals surface area contributed by atoms with Crippen LogP contribution in [0.1, 0.15) is 11.3 Å². The number of fused-ring (bicyclic) bond motifs is 1. The molecule has 0 aliphatic rings. The van der Waals surface area contributed by atoms with E-state index in [0.29, 0.717) is 27.7 Å². The molecule has 0 saturated heterocycles. The van der Waals surface area contributed by atoms with Gasteiger partial charge >= 0.3 is 0 Å². The number of phenolic OH excluding ortho intramolecular Hbond substituents is 1. The molecule has 3 rings (SSSR count). The van der Waals surface area contributed by atoms with Gasteiger partial charge in [-0.3, -0.25) is 9.20 Å². The number of methoxy groups -OCH3 is 1. The first-order valence-electron chi connectivity index (χ1n) is 6.91. The Balaban J connectivity index is 2.04.